The van der Waals surface area contributed by atoms with Crippen molar-refractivity contribution in [2.45, 2.75) is 18.1 Å². The van der Waals surface area contributed by atoms with Crippen LogP contribution in [-0.4, -0.2) is 23.5 Å². The molecule has 1 aliphatic heterocycles. The number of carbonyl (C=O) groups is 1. The van der Waals surface area contributed by atoms with Gasteiger partial charge in [-0.1, -0.05) is 15.9 Å². The summed E-state index contributed by atoms with van der Waals surface area (Å²) in [5, 5.41) is 3.60. The predicted molar refractivity (Wildman–Crippen MR) is 72.0 cm³/mol. The second kappa shape index (κ2) is 5.73. The fraction of sp³-hybridized carbons (Fsp3) is 0.417. The van der Waals surface area contributed by atoms with Gasteiger partial charge in [0.1, 0.15) is 0 Å². The molecule has 2 nitrogen and oxygen atoms in total. The van der Waals surface area contributed by atoms with E-state index in [1.165, 1.54) is 18.6 Å². The molecule has 1 unspecified atom stereocenters. The Hall–Kier alpha value is -0.480. The van der Waals surface area contributed by atoms with Crippen LogP contribution in [0.3, 0.4) is 0 Å². The monoisotopic (exact) mass is 299 g/mol. The van der Waals surface area contributed by atoms with Crippen LogP contribution in [0.15, 0.2) is 28.7 Å². The van der Waals surface area contributed by atoms with E-state index >= 15 is 0 Å². The van der Waals surface area contributed by atoms with Crippen LogP contribution >= 0.6 is 27.7 Å². The van der Waals surface area contributed by atoms with Gasteiger partial charge in [-0.15, -0.1) is 0 Å². The number of hydrogen-bond acceptors (Lipinski definition) is 2. The molecule has 86 valence electrons. The lowest BCUT2D eigenvalue weighted by Crippen LogP contribution is -2.29. The summed E-state index contributed by atoms with van der Waals surface area (Å²) in [6.45, 7) is 0.791. The summed E-state index contributed by atoms with van der Waals surface area (Å²) in [5.74, 6) is 1.26. The number of thioether (sulfide) groups is 1. The minimum atomic E-state index is 0.0278. The van der Waals surface area contributed by atoms with E-state index in [0.717, 1.165) is 16.6 Å². The zero-order valence-electron chi connectivity index (χ0n) is 8.91. The summed E-state index contributed by atoms with van der Waals surface area (Å²) in [6.07, 6.45) is 2.51. The zero-order valence-corrected chi connectivity index (χ0v) is 11.3. The van der Waals surface area contributed by atoms with E-state index in [2.05, 4.69) is 21.2 Å². The quantitative estimate of drug-likeness (QED) is 0.929. The number of carbonyl (C=O) groups excluding carboxylic acids is 1. The lowest BCUT2D eigenvalue weighted by Gasteiger charge is -2.10. The van der Waals surface area contributed by atoms with Crippen LogP contribution in [0.1, 0.15) is 23.2 Å². The van der Waals surface area contributed by atoms with E-state index in [-0.39, 0.29) is 5.91 Å². The number of hydrogen-bond donors (Lipinski definition) is 1. The summed E-state index contributed by atoms with van der Waals surface area (Å²) >= 11 is 5.31. The summed E-state index contributed by atoms with van der Waals surface area (Å²) in [5.41, 5.74) is 0.728. The average molecular weight is 300 g/mol. The highest BCUT2D eigenvalue weighted by molar-refractivity contribution is 9.10. The molecule has 1 aromatic carbocycles. The van der Waals surface area contributed by atoms with Crippen molar-refractivity contribution in [2.24, 2.45) is 0 Å². The SMILES string of the molecule is O=C(NCC1CCCS1)c1ccc(Br)cc1. The first-order chi connectivity index (χ1) is 7.75. The van der Waals surface area contributed by atoms with E-state index < -0.39 is 0 Å². The van der Waals surface area contributed by atoms with Crippen LogP contribution in [0.25, 0.3) is 0 Å². The van der Waals surface area contributed by atoms with Gasteiger partial charge in [0.15, 0.2) is 0 Å². The smallest absolute Gasteiger partial charge is 0.251 e. The number of benzene rings is 1. The third kappa shape index (κ3) is 3.25. The molecule has 4 heteroatoms. The lowest BCUT2D eigenvalue weighted by atomic mass is 10.2. The van der Waals surface area contributed by atoms with Crippen LogP contribution in [0.2, 0.25) is 0 Å². The maximum absolute atomic E-state index is 11.8. The molecule has 16 heavy (non-hydrogen) atoms. The van der Waals surface area contributed by atoms with Crippen molar-refractivity contribution in [3.63, 3.8) is 0 Å². The molecule has 1 aromatic rings. The molecule has 1 aliphatic rings. The van der Waals surface area contributed by atoms with Gasteiger partial charge in [-0.05, 0) is 42.9 Å². The Morgan fingerprint density at radius 1 is 1.44 bits per heavy atom. The normalized spacial score (nSPS) is 19.7. The van der Waals surface area contributed by atoms with Crippen LogP contribution < -0.4 is 5.32 Å². The van der Waals surface area contributed by atoms with Gasteiger partial charge in [0.05, 0.1) is 0 Å². The van der Waals surface area contributed by atoms with Crippen LogP contribution in [0, 0.1) is 0 Å². The molecule has 1 saturated heterocycles. The Morgan fingerprint density at radius 2 is 2.19 bits per heavy atom. The van der Waals surface area contributed by atoms with Crippen LogP contribution in [0.4, 0.5) is 0 Å². The largest absolute Gasteiger partial charge is 0.351 e. The van der Waals surface area contributed by atoms with E-state index in [9.17, 15) is 4.79 Å². The van der Waals surface area contributed by atoms with Gasteiger partial charge in [-0.2, -0.15) is 11.8 Å². The molecule has 0 aromatic heterocycles. The Balaban J connectivity index is 1.85. The highest BCUT2D eigenvalue weighted by Crippen LogP contribution is 2.25. The molecular weight excluding hydrogens is 286 g/mol. The van der Waals surface area contributed by atoms with Crippen molar-refractivity contribution in [1.82, 2.24) is 5.32 Å². The molecule has 0 saturated carbocycles. The van der Waals surface area contributed by atoms with Crippen molar-refractivity contribution >= 4 is 33.6 Å². The Bertz CT molecular complexity index is 360. The molecule has 0 spiro atoms. The second-order valence-electron chi connectivity index (χ2n) is 3.85. The van der Waals surface area contributed by atoms with Gasteiger partial charge in [-0.3, -0.25) is 4.79 Å². The summed E-state index contributed by atoms with van der Waals surface area (Å²) in [7, 11) is 0. The zero-order chi connectivity index (χ0) is 11.4. The summed E-state index contributed by atoms with van der Waals surface area (Å²) in [4.78, 5) is 11.8. The molecule has 1 N–H and O–H groups in total. The van der Waals surface area contributed by atoms with Crippen LogP contribution in [0.5, 0.6) is 0 Å². The first-order valence-corrected chi connectivity index (χ1v) is 7.25. The molecule has 0 bridgehead atoms. The lowest BCUT2D eigenvalue weighted by molar-refractivity contribution is 0.0953. The van der Waals surface area contributed by atoms with E-state index in [0.29, 0.717) is 5.25 Å². The number of halogens is 1. The van der Waals surface area contributed by atoms with Gasteiger partial charge in [0, 0.05) is 21.8 Å². The number of amides is 1. The predicted octanol–water partition coefficient (Wildman–Crippen LogP) is 3.07. The third-order valence-corrected chi connectivity index (χ3v) is 4.55. The molecule has 0 radical (unpaired) electrons. The molecule has 1 fully saturated rings. The fourth-order valence-electron chi connectivity index (χ4n) is 1.72. The van der Waals surface area contributed by atoms with E-state index in [4.69, 9.17) is 0 Å². The highest BCUT2D eigenvalue weighted by Gasteiger charge is 2.16. The van der Waals surface area contributed by atoms with Crippen molar-refractivity contribution in [3.8, 4) is 0 Å². The van der Waals surface area contributed by atoms with Gasteiger partial charge >= 0.3 is 0 Å². The van der Waals surface area contributed by atoms with Crippen LogP contribution in [-0.2, 0) is 0 Å². The minimum absolute atomic E-state index is 0.0278. The van der Waals surface area contributed by atoms with E-state index in [1.54, 1.807) is 0 Å². The van der Waals surface area contributed by atoms with Crippen molar-refractivity contribution in [1.29, 1.82) is 0 Å². The maximum atomic E-state index is 11.8. The molecule has 0 aliphatic carbocycles. The number of nitrogens with one attached hydrogen (secondary N) is 1. The number of rotatable bonds is 3. The van der Waals surface area contributed by atoms with Gasteiger partial charge < -0.3 is 5.32 Å². The molecule has 1 atom stereocenters. The summed E-state index contributed by atoms with van der Waals surface area (Å²) < 4.78 is 0.996. The topological polar surface area (TPSA) is 29.1 Å². The highest BCUT2D eigenvalue weighted by atomic mass is 79.9. The summed E-state index contributed by atoms with van der Waals surface area (Å²) in [6, 6.07) is 7.45. The van der Waals surface area contributed by atoms with Crippen molar-refractivity contribution in [2.75, 3.05) is 12.3 Å². The Morgan fingerprint density at radius 3 is 2.81 bits per heavy atom. The van der Waals surface area contributed by atoms with Gasteiger partial charge in [0.2, 0.25) is 0 Å². The standard InChI is InChI=1S/C12H14BrNOS/c13-10-5-3-9(4-6-10)12(15)14-8-11-2-1-7-16-11/h3-6,11H,1-2,7-8H2,(H,14,15). The van der Waals surface area contributed by atoms with Gasteiger partial charge in [-0.25, -0.2) is 0 Å². The molecule has 1 amide bonds. The molecule has 2 rings (SSSR count). The first-order valence-electron chi connectivity index (χ1n) is 5.41. The third-order valence-electron chi connectivity index (χ3n) is 2.62. The Kier molecular flexibility index (Phi) is 4.29. The second-order valence-corrected chi connectivity index (χ2v) is 6.18. The van der Waals surface area contributed by atoms with Crippen molar-refractivity contribution < 1.29 is 4.79 Å². The minimum Gasteiger partial charge on any atom is -0.351 e. The molecular formula is C12H14BrNOS. The maximum Gasteiger partial charge on any atom is 0.251 e. The van der Waals surface area contributed by atoms with E-state index in [1.807, 2.05) is 36.0 Å². The Labute approximate surface area is 108 Å². The first kappa shape index (κ1) is 12.0. The van der Waals surface area contributed by atoms with Gasteiger partial charge in [0.25, 0.3) is 5.91 Å². The van der Waals surface area contributed by atoms with Crippen molar-refractivity contribution in [3.05, 3.63) is 34.3 Å². The fourth-order valence-corrected chi connectivity index (χ4v) is 3.18. The molecule has 1 heterocycles. The average Bonchev–Trinajstić information content (AvgIpc) is 2.80.